The van der Waals surface area contributed by atoms with Crippen LogP contribution in [0.1, 0.15) is 25.0 Å². The number of hydrogen-bond acceptors (Lipinski definition) is 8. The molecule has 0 amide bonds. The molecular weight excluding hydrogens is 527 g/mol. The Morgan fingerprint density at radius 2 is 2.03 bits per heavy atom. The minimum atomic E-state index is -0.600. The Balaban J connectivity index is 1.52. The number of halogens is 1. The van der Waals surface area contributed by atoms with Crippen LogP contribution in [0.4, 0.5) is 5.95 Å². The second-order valence-corrected chi connectivity index (χ2v) is 10.9. The summed E-state index contributed by atoms with van der Waals surface area (Å²) in [6.45, 7) is 2.77. The Hall–Kier alpha value is -1.56. The van der Waals surface area contributed by atoms with Gasteiger partial charge in [-0.2, -0.15) is 4.98 Å². The lowest BCUT2D eigenvalue weighted by Crippen LogP contribution is -2.29. The zero-order valence-electron chi connectivity index (χ0n) is 17.2. The molecule has 9 heteroatoms. The quantitative estimate of drug-likeness (QED) is 0.303. The highest BCUT2D eigenvalue weighted by Crippen LogP contribution is 2.41. The topological polar surface area (TPSA) is 100 Å². The third-order valence-corrected chi connectivity index (χ3v) is 8.60. The highest BCUT2D eigenvalue weighted by molar-refractivity contribution is 14.1. The fraction of sp³-hybridized carbons (Fsp3) is 0.500. The van der Waals surface area contributed by atoms with Crippen LogP contribution in [0.3, 0.4) is 0 Å². The number of para-hydroxylation sites is 1. The maximum Gasteiger partial charge on any atom is 0.229 e. The number of thiazole rings is 1. The van der Waals surface area contributed by atoms with E-state index >= 15 is 0 Å². The van der Waals surface area contributed by atoms with Crippen molar-refractivity contribution >= 4 is 50.1 Å². The molecule has 164 valence electrons. The Bertz CT molecular complexity index is 1060. The van der Waals surface area contributed by atoms with Crippen LogP contribution in [0.25, 0.3) is 20.8 Å². The van der Waals surface area contributed by atoms with Crippen molar-refractivity contribution in [2.75, 3.05) is 18.5 Å². The van der Waals surface area contributed by atoms with Crippen LogP contribution in [0, 0.1) is 18.8 Å². The zero-order valence-corrected chi connectivity index (χ0v) is 20.1. The maximum atomic E-state index is 10.4. The van der Waals surface area contributed by atoms with E-state index in [0.717, 1.165) is 33.0 Å². The first-order valence-corrected chi connectivity index (χ1v) is 12.7. The molecule has 2 heterocycles. The van der Waals surface area contributed by atoms with E-state index in [-0.39, 0.29) is 22.6 Å². The molecule has 3 aromatic rings. The van der Waals surface area contributed by atoms with Crippen molar-refractivity contribution in [2.45, 2.75) is 42.3 Å². The van der Waals surface area contributed by atoms with Crippen molar-refractivity contribution in [3.63, 3.8) is 0 Å². The molecule has 0 bridgehead atoms. The van der Waals surface area contributed by atoms with E-state index in [4.69, 9.17) is 19.7 Å². The number of aliphatic hydroxyl groups is 2. The number of aromatic nitrogens is 3. The van der Waals surface area contributed by atoms with Gasteiger partial charge in [-0.05, 0) is 44.2 Å². The van der Waals surface area contributed by atoms with E-state index in [1.165, 1.54) is 12.8 Å². The van der Waals surface area contributed by atoms with Gasteiger partial charge >= 0.3 is 0 Å². The molecular formula is C22H25IN4O3S. The van der Waals surface area contributed by atoms with E-state index in [1.54, 1.807) is 11.3 Å². The van der Waals surface area contributed by atoms with Crippen LogP contribution in [-0.2, 0) is 0 Å². The molecule has 0 saturated heterocycles. The highest BCUT2D eigenvalue weighted by Gasteiger charge is 2.42. The van der Waals surface area contributed by atoms with Crippen LogP contribution in [0.5, 0.6) is 5.88 Å². The standard InChI is InChI=1S/C22H25IN4O3S/c1-11-17(21-26-14-4-2-3-5-16(14)31-21)20(27-22(25-11)24-9-12-6-7-12)30-15-8-13(10-28)19(29)18(15)23/h2-5,12-13,15,18-19,28-29H,6-10H2,1H3,(H,24,25,27)/t13-,15-,18?,19?/m1/s1. The van der Waals surface area contributed by atoms with Gasteiger partial charge < -0.3 is 20.3 Å². The number of aryl methyl sites for hydroxylation is 1. The molecule has 2 unspecified atom stereocenters. The molecule has 31 heavy (non-hydrogen) atoms. The second-order valence-electron chi connectivity index (χ2n) is 8.39. The van der Waals surface area contributed by atoms with Crippen molar-refractivity contribution < 1.29 is 14.9 Å². The number of benzene rings is 1. The van der Waals surface area contributed by atoms with Crippen molar-refractivity contribution in [1.29, 1.82) is 0 Å². The first-order valence-electron chi connectivity index (χ1n) is 10.6. The number of nitrogens with zero attached hydrogens (tertiary/aromatic N) is 3. The Morgan fingerprint density at radius 3 is 2.74 bits per heavy atom. The third-order valence-electron chi connectivity index (χ3n) is 6.01. The van der Waals surface area contributed by atoms with Crippen LogP contribution in [0.15, 0.2) is 24.3 Å². The molecule has 1 aromatic carbocycles. The van der Waals surface area contributed by atoms with Crippen molar-refractivity contribution in [1.82, 2.24) is 15.0 Å². The van der Waals surface area contributed by atoms with Gasteiger partial charge in [-0.1, -0.05) is 34.7 Å². The molecule has 0 radical (unpaired) electrons. The number of ether oxygens (including phenoxy) is 1. The molecule has 2 aliphatic rings. The molecule has 2 aromatic heterocycles. The maximum absolute atomic E-state index is 10.4. The molecule has 0 aliphatic heterocycles. The van der Waals surface area contributed by atoms with Crippen molar-refractivity contribution in [2.24, 2.45) is 11.8 Å². The summed E-state index contributed by atoms with van der Waals surface area (Å²) in [6.07, 6.45) is 2.23. The van der Waals surface area contributed by atoms with Gasteiger partial charge in [0.25, 0.3) is 0 Å². The van der Waals surface area contributed by atoms with E-state index in [9.17, 15) is 10.2 Å². The van der Waals surface area contributed by atoms with Gasteiger partial charge in [-0.15, -0.1) is 11.3 Å². The molecule has 4 atom stereocenters. The zero-order chi connectivity index (χ0) is 21.5. The lowest BCUT2D eigenvalue weighted by molar-refractivity contribution is 0.0958. The summed E-state index contributed by atoms with van der Waals surface area (Å²) in [6, 6.07) is 8.04. The fourth-order valence-electron chi connectivity index (χ4n) is 3.98. The van der Waals surface area contributed by atoms with E-state index in [0.29, 0.717) is 24.2 Å². The molecule has 2 fully saturated rings. The Kier molecular flexibility index (Phi) is 6.02. The minimum absolute atomic E-state index is 0.0533. The average molecular weight is 552 g/mol. The van der Waals surface area contributed by atoms with Gasteiger partial charge in [0.05, 0.1) is 31.5 Å². The van der Waals surface area contributed by atoms with Gasteiger partial charge in [-0.3, -0.25) is 0 Å². The van der Waals surface area contributed by atoms with Gasteiger partial charge in [0.15, 0.2) is 0 Å². The molecule has 0 spiro atoms. The Labute approximate surface area is 198 Å². The number of rotatable bonds is 7. The minimum Gasteiger partial charge on any atom is -0.472 e. The summed E-state index contributed by atoms with van der Waals surface area (Å²) in [7, 11) is 0. The first kappa shape index (κ1) is 21.3. The normalized spacial score (nSPS) is 25.8. The molecule has 2 saturated carbocycles. The SMILES string of the molecule is Cc1nc(NCC2CC2)nc(O[C@@H]2C[C@H](CO)C(O)C2I)c1-c1nc2ccccc2s1. The predicted molar refractivity (Wildman–Crippen MR) is 130 cm³/mol. The molecule has 7 nitrogen and oxygen atoms in total. The van der Waals surface area contributed by atoms with Gasteiger partial charge in [0.1, 0.15) is 11.1 Å². The lowest BCUT2D eigenvalue weighted by Gasteiger charge is -2.20. The van der Waals surface area contributed by atoms with Crippen molar-refractivity contribution in [3.8, 4) is 16.5 Å². The van der Waals surface area contributed by atoms with E-state index in [2.05, 4.69) is 34.0 Å². The highest BCUT2D eigenvalue weighted by atomic mass is 127. The van der Waals surface area contributed by atoms with Crippen LogP contribution < -0.4 is 10.1 Å². The largest absolute Gasteiger partial charge is 0.472 e. The smallest absolute Gasteiger partial charge is 0.229 e. The summed E-state index contributed by atoms with van der Waals surface area (Å²) < 4.78 is 7.38. The van der Waals surface area contributed by atoms with Crippen LogP contribution in [-0.4, -0.2) is 54.4 Å². The molecule has 2 aliphatic carbocycles. The molecule has 3 N–H and O–H groups in total. The second kappa shape index (κ2) is 8.76. The summed E-state index contributed by atoms with van der Waals surface area (Å²) in [4.78, 5) is 14.2. The number of aliphatic hydroxyl groups excluding tert-OH is 2. The summed E-state index contributed by atoms with van der Waals surface area (Å²) in [5.74, 6) is 1.56. The fourth-order valence-corrected chi connectivity index (χ4v) is 6.06. The third kappa shape index (κ3) is 4.37. The van der Waals surface area contributed by atoms with Crippen molar-refractivity contribution in [3.05, 3.63) is 30.0 Å². The number of alkyl halides is 1. The monoisotopic (exact) mass is 552 g/mol. The average Bonchev–Trinajstić information content (AvgIpc) is 3.44. The van der Waals surface area contributed by atoms with E-state index < -0.39 is 6.10 Å². The predicted octanol–water partition coefficient (Wildman–Crippen LogP) is 3.81. The van der Waals surface area contributed by atoms with E-state index in [1.807, 2.05) is 25.1 Å². The summed E-state index contributed by atoms with van der Waals surface area (Å²) in [5.41, 5.74) is 2.54. The van der Waals surface area contributed by atoms with Gasteiger partial charge in [0, 0.05) is 19.1 Å². The number of anilines is 1. The van der Waals surface area contributed by atoms with Crippen LogP contribution in [0.2, 0.25) is 0 Å². The summed E-state index contributed by atoms with van der Waals surface area (Å²) >= 11 is 3.81. The number of nitrogens with one attached hydrogen (secondary N) is 1. The van der Waals surface area contributed by atoms with Gasteiger partial charge in [-0.25, -0.2) is 9.97 Å². The van der Waals surface area contributed by atoms with Crippen LogP contribution >= 0.6 is 33.9 Å². The molecule has 5 rings (SSSR count). The number of fused-ring (bicyclic) bond motifs is 1. The lowest BCUT2D eigenvalue weighted by atomic mass is 10.1. The number of hydrogen-bond donors (Lipinski definition) is 3. The Morgan fingerprint density at radius 1 is 1.23 bits per heavy atom. The summed E-state index contributed by atoms with van der Waals surface area (Å²) in [5, 5.41) is 24.2. The first-order chi connectivity index (χ1) is 15.0. The van der Waals surface area contributed by atoms with Gasteiger partial charge in [0.2, 0.25) is 11.8 Å².